The Bertz CT molecular complexity index is 1370. The van der Waals surface area contributed by atoms with Gasteiger partial charge < -0.3 is 0 Å². The third kappa shape index (κ3) is 2.75. The Morgan fingerprint density at radius 2 is 1.71 bits per heavy atom. The minimum Gasteiger partial charge on any atom is -0.236 e. The number of thiophene rings is 2. The fourth-order valence-corrected chi connectivity index (χ4v) is 5.78. The van der Waals surface area contributed by atoms with Crippen LogP contribution in [-0.2, 0) is 0 Å². The summed E-state index contributed by atoms with van der Waals surface area (Å²) in [5.41, 5.74) is 3.70. The molecular weight excluding hydrogens is 380 g/mol. The molecule has 2 nitrogen and oxygen atoms in total. The van der Waals surface area contributed by atoms with Crippen molar-refractivity contribution >= 4 is 60.2 Å². The maximum atomic E-state index is 10.1. The fraction of sp³-hybridized carbons (Fsp3) is 0.0833. The van der Waals surface area contributed by atoms with Crippen LogP contribution in [0.4, 0.5) is 0 Å². The van der Waals surface area contributed by atoms with Crippen LogP contribution in [0.15, 0.2) is 49.0 Å². The van der Waals surface area contributed by atoms with Crippen molar-refractivity contribution in [2.75, 3.05) is 0 Å². The summed E-state index contributed by atoms with van der Waals surface area (Å²) in [6, 6.07) is 16.5. The van der Waals surface area contributed by atoms with Gasteiger partial charge in [-0.25, -0.2) is 4.85 Å². The normalized spacial score (nSPS) is 11.9. The molecule has 0 N–H and O–H groups in total. The zero-order chi connectivity index (χ0) is 19.8. The average molecular weight is 397 g/mol. The number of benzene rings is 2. The molecule has 0 radical (unpaired) electrons. The molecule has 4 heteroatoms. The molecule has 2 heterocycles. The van der Waals surface area contributed by atoms with Crippen molar-refractivity contribution < 1.29 is 0 Å². The average Bonchev–Trinajstić information content (AvgIpc) is 3.21. The molecular formula is C24H16N2S2. The van der Waals surface area contributed by atoms with E-state index in [1.807, 2.05) is 50.3 Å². The molecule has 28 heavy (non-hydrogen) atoms. The van der Waals surface area contributed by atoms with E-state index in [0.717, 1.165) is 46.6 Å². The van der Waals surface area contributed by atoms with Crippen LogP contribution in [0.5, 0.6) is 0 Å². The largest absolute Gasteiger partial charge is 0.236 e. The Labute approximate surface area is 172 Å². The van der Waals surface area contributed by atoms with E-state index in [9.17, 15) is 5.26 Å². The van der Waals surface area contributed by atoms with Crippen LogP contribution >= 0.6 is 22.7 Å². The SMILES string of the molecule is [C-]#[N+]C(=C(C#N)c1c(C)sc2cc(C=C)ccc12)c1c(C)sc2ccccc12. The minimum absolute atomic E-state index is 0.438. The van der Waals surface area contributed by atoms with Crippen molar-refractivity contribution in [3.05, 3.63) is 86.9 Å². The molecule has 0 unspecified atom stereocenters. The lowest BCUT2D eigenvalue weighted by atomic mass is 9.96. The highest BCUT2D eigenvalue weighted by Crippen LogP contribution is 2.43. The second-order valence-corrected chi connectivity index (χ2v) is 8.98. The van der Waals surface area contributed by atoms with Crippen LogP contribution in [0.25, 0.3) is 42.4 Å². The van der Waals surface area contributed by atoms with E-state index in [0.29, 0.717) is 11.3 Å². The van der Waals surface area contributed by atoms with Gasteiger partial charge in [0.25, 0.3) is 0 Å². The van der Waals surface area contributed by atoms with Crippen molar-refractivity contribution in [1.29, 1.82) is 5.26 Å². The Hall–Kier alpha value is -3.18. The van der Waals surface area contributed by atoms with Gasteiger partial charge >= 0.3 is 0 Å². The van der Waals surface area contributed by atoms with Crippen LogP contribution in [0, 0.1) is 31.8 Å². The van der Waals surface area contributed by atoms with Crippen LogP contribution in [0.3, 0.4) is 0 Å². The minimum atomic E-state index is 0.438. The van der Waals surface area contributed by atoms with E-state index in [2.05, 4.69) is 29.6 Å². The maximum Gasteiger partial charge on any atom is 0.214 e. The molecule has 0 amide bonds. The van der Waals surface area contributed by atoms with Crippen molar-refractivity contribution in [2.24, 2.45) is 0 Å². The van der Waals surface area contributed by atoms with Crippen LogP contribution < -0.4 is 0 Å². The van der Waals surface area contributed by atoms with E-state index < -0.39 is 0 Å². The second-order valence-electron chi connectivity index (χ2n) is 6.47. The molecule has 4 rings (SSSR count). The van der Waals surface area contributed by atoms with Gasteiger partial charge in [0.1, 0.15) is 0 Å². The monoisotopic (exact) mass is 396 g/mol. The smallest absolute Gasteiger partial charge is 0.214 e. The number of nitrogens with zero attached hydrogens (tertiary/aromatic N) is 2. The van der Waals surface area contributed by atoms with Gasteiger partial charge in [0.15, 0.2) is 0 Å². The third-order valence-corrected chi connectivity index (χ3v) is 7.00. The summed E-state index contributed by atoms with van der Waals surface area (Å²) in [5, 5.41) is 12.1. The number of rotatable bonds is 3. The lowest BCUT2D eigenvalue weighted by molar-refractivity contribution is 1.51. The first kappa shape index (κ1) is 18.2. The van der Waals surface area contributed by atoms with Crippen molar-refractivity contribution in [3.63, 3.8) is 0 Å². The summed E-state index contributed by atoms with van der Waals surface area (Å²) in [7, 11) is 0. The molecule has 0 fully saturated rings. The summed E-state index contributed by atoms with van der Waals surface area (Å²) in [5.74, 6) is 0. The van der Waals surface area contributed by atoms with Gasteiger partial charge in [-0.1, -0.05) is 43.0 Å². The van der Waals surface area contributed by atoms with E-state index in [1.54, 1.807) is 22.7 Å². The molecule has 0 bridgehead atoms. The first-order chi connectivity index (χ1) is 13.6. The predicted molar refractivity (Wildman–Crippen MR) is 122 cm³/mol. The Morgan fingerprint density at radius 1 is 1.04 bits per heavy atom. The highest BCUT2D eigenvalue weighted by molar-refractivity contribution is 7.19. The first-order valence-electron chi connectivity index (χ1n) is 8.75. The lowest BCUT2D eigenvalue weighted by Crippen LogP contribution is -1.90. The number of allylic oxidation sites excluding steroid dienone is 1. The number of aryl methyl sites for hydroxylation is 2. The van der Waals surface area contributed by atoms with E-state index in [1.165, 1.54) is 0 Å². The van der Waals surface area contributed by atoms with Gasteiger partial charge in [0.05, 0.1) is 18.2 Å². The van der Waals surface area contributed by atoms with Crippen molar-refractivity contribution in [2.45, 2.75) is 13.8 Å². The molecule has 134 valence electrons. The van der Waals surface area contributed by atoms with Gasteiger partial charge in [-0.15, -0.1) is 22.7 Å². The van der Waals surface area contributed by atoms with Gasteiger partial charge in [0, 0.05) is 30.8 Å². The summed E-state index contributed by atoms with van der Waals surface area (Å²) in [6.07, 6.45) is 1.82. The van der Waals surface area contributed by atoms with E-state index in [4.69, 9.17) is 6.57 Å². The molecule has 2 aromatic heterocycles. The van der Waals surface area contributed by atoms with Crippen molar-refractivity contribution in [1.82, 2.24) is 0 Å². The summed E-state index contributed by atoms with van der Waals surface area (Å²) < 4.78 is 2.24. The summed E-state index contributed by atoms with van der Waals surface area (Å²) >= 11 is 3.32. The van der Waals surface area contributed by atoms with Crippen LogP contribution in [0.1, 0.15) is 26.4 Å². The van der Waals surface area contributed by atoms with Crippen LogP contribution in [-0.4, -0.2) is 0 Å². The molecule has 0 aliphatic rings. The Balaban J connectivity index is 2.08. The van der Waals surface area contributed by atoms with Gasteiger partial charge in [-0.2, -0.15) is 5.26 Å². The summed E-state index contributed by atoms with van der Waals surface area (Å²) in [6.45, 7) is 15.8. The third-order valence-electron chi connectivity index (χ3n) is 4.84. The second kappa shape index (κ2) is 7.09. The van der Waals surface area contributed by atoms with Gasteiger partial charge in [0.2, 0.25) is 5.70 Å². The molecule has 0 atom stereocenters. The topological polar surface area (TPSA) is 28.1 Å². The maximum absolute atomic E-state index is 10.1. The Kier molecular flexibility index (Phi) is 4.61. The number of fused-ring (bicyclic) bond motifs is 2. The molecule has 0 saturated heterocycles. The molecule has 0 aliphatic carbocycles. The molecule has 2 aromatic carbocycles. The standard InChI is InChI=1S/C24H16N2S2/c1-5-16-10-11-18-21(12-16)28-14(2)22(18)19(13-25)24(26-4)23-15(3)27-20-9-7-6-8-17(20)23/h5-12H,1H2,2-3H3. The first-order valence-corrected chi connectivity index (χ1v) is 10.4. The number of hydrogen-bond donors (Lipinski definition) is 0. The highest BCUT2D eigenvalue weighted by Gasteiger charge is 2.22. The fourth-order valence-electron chi connectivity index (χ4n) is 3.60. The lowest BCUT2D eigenvalue weighted by Gasteiger charge is -2.06. The van der Waals surface area contributed by atoms with Crippen LogP contribution in [0.2, 0.25) is 0 Å². The zero-order valence-electron chi connectivity index (χ0n) is 15.5. The molecule has 0 spiro atoms. The van der Waals surface area contributed by atoms with Gasteiger partial charge in [-0.05, 0) is 41.8 Å². The quantitative estimate of drug-likeness (QED) is 0.258. The zero-order valence-corrected chi connectivity index (χ0v) is 17.2. The summed E-state index contributed by atoms with van der Waals surface area (Å²) in [4.78, 5) is 5.96. The molecule has 0 saturated carbocycles. The van der Waals surface area contributed by atoms with E-state index in [-0.39, 0.29) is 0 Å². The van der Waals surface area contributed by atoms with Crippen molar-refractivity contribution in [3.8, 4) is 6.07 Å². The highest BCUT2D eigenvalue weighted by atomic mass is 32.1. The Morgan fingerprint density at radius 3 is 2.43 bits per heavy atom. The molecule has 0 aliphatic heterocycles. The van der Waals surface area contributed by atoms with Gasteiger partial charge in [-0.3, -0.25) is 0 Å². The number of hydrogen-bond acceptors (Lipinski definition) is 3. The predicted octanol–water partition coefficient (Wildman–Crippen LogP) is 7.69. The van der Waals surface area contributed by atoms with E-state index >= 15 is 0 Å². The number of nitriles is 1. The molecule has 4 aromatic rings.